The molecule has 8 nitrogen and oxygen atoms in total. The fourth-order valence-corrected chi connectivity index (χ4v) is 2.98. The number of hydrogen-bond acceptors (Lipinski definition) is 6. The van der Waals surface area contributed by atoms with Crippen LogP contribution in [-0.4, -0.2) is 21.4 Å². The van der Waals surface area contributed by atoms with Crippen molar-refractivity contribution < 1.29 is 19.4 Å². The molecule has 0 fully saturated rings. The smallest absolute Gasteiger partial charge is 0.269 e. The Balaban J connectivity index is 0.000000234. The number of non-ortho nitro benzene ring substituents is 2. The molecule has 8 heteroatoms. The number of nitro benzene ring substituents is 2. The van der Waals surface area contributed by atoms with Gasteiger partial charge in [0.15, 0.2) is 11.6 Å². The molecule has 4 rings (SSSR count). The van der Waals surface area contributed by atoms with E-state index in [9.17, 15) is 29.8 Å². The molecule has 0 atom stereocenters. The lowest BCUT2D eigenvalue weighted by Gasteiger charge is -2.00. The molecule has 38 heavy (non-hydrogen) atoms. The quantitative estimate of drug-likeness (QED) is 0.144. The second kappa shape index (κ2) is 15.2. The second-order valence-electron chi connectivity index (χ2n) is 8.00. The normalized spacial score (nSPS) is 9.63. The Morgan fingerprint density at radius 2 is 0.763 bits per heavy atom. The Hall–Kier alpha value is -4.98. The first-order chi connectivity index (χ1) is 18.3. The largest absolute Gasteiger partial charge is 0.289 e. The van der Waals surface area contributed by atoms with Crippen LogP contribution in [-0.2, 0) is 0 Å². The van der Waals surface area contributed by atoms with E-state index in [2.05, 4.69) is 13.8 Å². The average molecular weight is 513 g/mol. The van der Waals surface area contributed by atoms with E-state index in [1.165, 1.54) is 61.4 Å². The van der Waals surface area contributed by atoms with Crippen LogP contribution in [0.2, 0.25) is 0 Å². The monoisotopic (exact) mass is 512 g/mol. The third-order valence-corrected chi connectivity index (χ3v) is 5.25. The Kier molecular flexibility index (Phi) is 11.7. The molecule has 0 bridgehead atoms. The molecule has 0 unspecified atom stereocenters. The van der Waals surface area contributed by atoms with Crippen molar-refractivity contribution >= 4 is 22.9 Å². The number of ketones is 2. The molecule has 194 valence electrons. The number of carbonyl (C=O) groups excluding carboxylic acids is 2. The number of carbonyl (C=O) groups is 2. The van der Waals surface area contributed by atoms with Crippen molar-refractivity contribution in [3.05, 3.63) is 152 Å². The van der Waals surface area contributed by atoms with Gasteiger partial charge in [0.05, 0.1) is 9.85 Å². The molecule has 0 saturated heterocycles. The summed E-state index contributed by atoms with van der Waals surface area (Å²) in [5, 5.41) is 20.9. The lowest BCUT2D eigenvalue weighted by molar-refractivity contribution is -0.385. The number of hydrogen-bond donors (Lipinski definition) is 0. The first-order valence-electron chi connectivity index (χ1n) is 12.0. The van der Waals surface area contributed by atoms with Crippen molar-refractivity contribution in [2.45, 2.75) is 26.7 Å². The van der Waals surface area contributed by atoms with Crippen LogP contribution in [0.4, 0.5) is 11.4 Å². The van der Waals surface area contributed by atoms with Crippen molar-refractivity contribution in [2.75, 3.05) is 0 Å². The van der Waals surface area contributed by atoms with E-state index in [0.29, 0.717) is 22.3 Å². The van der Waals surface area contributed by atoms with E-state index in [1.807, 2.05) is 12.1 Å². The molecule has 0 aliphatic carbocycles. The molecule has 0 N–H and O–H groups in total. The van der Waals surface area contributed by atoms with Gasteiger partial charge < -0.3 is 0 Å². The molecule has 0 aliphatic rings. The van der Waals surface area contributed by atoms with Crippen LogP contribution < -0.4 is 0 Å². The highest BCUT2D eigenvalue weighted by Gasteiger charge is 2.12. The number of nitrogens with zero attached hydrogens (tertiary/aromatic N) is 2. The molecule has 4 aromatic rings. The summed E-state index contributed by atoms with van der Waals surface area (Å²) in [6, 6.07) is 28.8. The predicted molar refractivity (Wildman–Crippen MR) is 147 cm³/mol. The van der Waals surface area contributed by atoms with Crippen molar-refractivity contribution in [3.63, 3.8) is 0 Å². The summed E-state index contributed by atoms with van der Waals surface area (Å²) in [4.78, 5) is 43.9. The lowest BCUT2D eigenvalue weighted by Crippen LogP contribution is -2.00. The van der Waals surface area contributed by atoms with E-state index in [0.717, 1.165) is 0 Å². The highest BCUT2D eigenvalue weighted by atomic mass is 16.6. The molecule has 0 amide bonds. The first kappa shape index (κ1) is 29.3. The van der Waals surface area contributed by atoms with Crippen LogP contribution in [0.5, 0.6) is 0 Å². The van der Waals surface area contributed by atoms with E-state index in [4.69, 9.17) is 0 Å². The van der Waals surface area contributed by atoms with Gasteiger partial charge in [-0.1, -0.05) is 87.4 Å². The summed E-state index contributed by atoms with van der Waals surface area (Å²) in [5.74, 6) is -0.277. The topological polar surface area (TPSA) is 120 Å². The minimum Gasteiger partial charge on any atom is -0.289 e. The molecule has 0 aliphatic heterocycles. The fourth-order valence-electron chi connectivity index (χ4n) is 2.98. The van der Waals surface area contributed by atoms with Crippen molar-refractivity contribution in [3.8, 4) is 0 Å². The Morgan fingerprint density at radius 1 is 0.500 bits per heavy atom. The lowest BCUT2D eigenvalue weighted by atomic mass is 10.0. The average Bonchev–Trinajstić information content (AvgIpc) is 2.98. The van der Waals surface area contributed by atoms with Gasteiger partial charge in [-0.05, 0) is 24.3 Å². The van der Waals surface area contributed by atoms with Gasteiger partial charge in [-0.15, -0.1) is 0 Å². The van der Waals surface area contributed by atoms with Gasteiger partial charge in [-0.3, -0.25) is 29.8 Å². The number of rotatable bonds is 7. The summed E-state index contributed by atoms with van der Waals surface area (Å²) in [5.41, 5.74) is 2.00. The van der Waals surface area contributed by atoms with Gasteiger partial charge in [-0.25, -0.2) is 0 Å². The van der Waals surface area contributed by atoms with Crippen molar-refractivity contribution in [1.29, 1.82) is 0 Å². The van der Waals surface area contributed by atoms with Crippen LogP contribution in [0.15, 0.2) is 109 Å². The third kappa shape index (κ3) is 8.91. The van der Waals surface area contributed by atoms with Gasteiger partial charge in [0, 0.05) is 46.5 Å². The minimum absolute atomic E-state index is 0.0189. The summed E-state index contributed by atoms with van der Waals surface area (Å²) < 4.78 is 0. The van der Waals surface area contributed by atoms with Crippen LogP contribution in [0, 0.1) is 20.2 Å². The molecule has 0 saturated carbocycles. The van der Waals surface area contributed by atoms with Gasteiger partial charge >= 0.3 is 0 Å². The summed E-state index contributed by atoms with van der Waals surface area (Å²) in [7, 11) is 0. The van der Waals surface area contributed by atoms with Crippen LogP contribution in [0.1, 0.15) is 58.5 Å². The maximum absolute atomic E-state index is 12.0. The third-order valence-electron chi connectivity index (χ3n) is 5.25. The maximum Gasteiger partial charge on any atom is 0.269 e. The minimum atomic E-state index is -0.489. The second-order valence-corrected chi connectivity index (χ2v) is 8.00. The van der Waals surface area contributed by atoms with E-state index in [1.54, 1.807) is 48.5 Å². The van der Waals surface area contributed by atoms with Crippen LogP contribution in [0.3, 0.4) is 0 Å². The zero-order chi connectivity index (χ0) is 27.9. The van der Waals surface area contributed by atoms with Crippen molar-refractivity contribution in [2.24, 2.45) is 0 Å². The highest BCUT2D eigenvalue weighted by Crippen LogP contribution is 2.16. The van der Waals surface area contributed by atoms with Crippen LogP contribution >= 0.6 is 0 Å². The number of nitro groups is 2. The molecule has 0 heterocycles. The molecule has 0 spiro atoms. The van der Waals surface area contributed by atoms with Gasteiger partial charge in [0.2, 0.25) is 0 Å². The Labute approximate surface area is 220 Å². The number of unbranched alkanes of at least 4 members (excludes halogenated alkanes) is 1. The van der Waals surface area contributed by atoms with E-state index in [-0.39, 0.29) is 22.9 Å². The van der Waals surface area contributed by atoms with Crippen molar-refractivity contribution in [1.82, 2.24) is 0 Å². The molecule has 4 aromatic carbocycles. The summed E-state index contributed by atoms with van der Waals surface area (Å²) in [6.45, 7) is 4.36. The fraction of sp³-hybridized carbons (Fsp3) is 0.133. The van der Waals surface area contributed by atoms with Crippen LogP contribution in [0.25, 0.3) is 0 Å². The highest BCUT2D eigenvalue weighted by molar-refractivity contribution is 6.09. The molecular formula is C30H28N2O6. The Bertz CT molecular complexity index is 1230. The van der Waals surface area contributed by atoms with Gasteiger partial charge in [0.1, 0.15) is 0 Å². The molecule has 0 radical (unpaired) electrons. The molecule has 0 aromatic heterocycles. The summed E-state index contributed by atoms with van der Waals surface area (Å²) >= 11 is 0. The van der Waals surface area contributed by atoms with Gasteiger partial charge in [0.25, 0.3) is 11.4 Å². The zero-order valence-corrected chi connectivity index (χ0v) is 21.2. The maximum atomic E-state index is 12.0. The predicted octanol–water partition coefficient (Wildman–Crippen LogP) is 7.46. The summed E-state index contributed by atoms with van der Waals surface area (Å²) in [6.07, 6.45) is 2.64. The molecular weight excluding hydrogens is 484 g/mol. The van der Waals surface area contributed by atoms with E-state index < -0.39 is 9.85 Å². The van der Waals surface area contributed by atoms with E-state index >= 15 is 0 Å². The number of benzene rings is 4. The zero-order valence-electron chi connectivity index (χ0n) is 21.2. The standard InChI is InChI=1S/2C13H9NO3.C4H10/c2*15-13(10-4-2-1-3-5-10)11-6-8-12(9-7-11)14(16)17;1-3-4-2/h2*1-9H;3-4H2,1-2H3. The van der Waals surface area contributed by atoms with Gasteiger partial charge in [-0.2, -0.15) is 0 Å². The Morgan fingerprint density at radius 3 is 1.00 bits per heavy atom. The first-order valence-corrected chi connectivity index (χ1v) is 12.0. The SMILES string of the molecule is CCCC.O=C(c1ccccc1)c1ccc([N+](=O)[O-])cc1.O=C(c1ccccc1)c1ccc([N+](=O)[O-])cc1.